The summed E-state index contributed by atoms with van der Waals surface area (Å²) in [6.45, 7) is 2.24. The number of rotatable bonds is 10. The zero-order valence-electron chi connectivity index (χ0n) is 11.5. The van der Waals surface area contributed by atoms with Crippen LogP contribution in [-0.4, -0.2) is 28.3 Å². The van der Waals surface area contributed by atoms with Crippen LogP contribution in [0.4, 0.5) is 0 Å². The summed E-state index contributed by atoms with van der Waals surface area (Å²) in [6, 6.07) is 0. The SMILES string of the molecule is CCCCCCCCCCCC(N)=O.OB(O)O. The Bertz CT molecular complexity index is 177. The summed E-state index contributed by atoms with van der Waals surface area (Å²) < 4.78 is 0. The lowest BCUT2D eigenvalue weighted by atomic mass is 10.1. The Hall–Kier alpha value is -0.585. The first-order valence-corrected chi connectivity index (χ1v) is 6.83. The number of nitrogens with two attached hydrogens (primary N) is 1. The van der Waals surface area contributed by atoms with E-state index in [9.17, 15) is 4.79 Å². The Morgan fingerprint density at radius 3 is 1.56 bits per heavy atom. The van der Waals surface area contributed by atoms with Gasteiger partial charge in [-0.25, -0.2) is 0 Å². The second-order valence-corrected chi connectivity index (χ2v) is 4.39. The first-order chi connectivity index (χ1) is 8.50. The summed E-state index contributed by atoms with van der Waals surface area (Å²) in [5.41, 5.74) is 5.05. The van der Waals surface area contributed by atoms with Crippen molar-refractivity contribution in [3.63, 3.8) is 0 Å². The lowest BCUT2D eigenvalue weighted by Gasteiger charge is -2.00. The van der Waals surface area contributed by atoms with Gasteiger partial charge in [0.05, 0.1) is 0 Å². The summed E-state index contributed by atoms with van der Waals surface area (Å²) >= 11 is 0. The molecule has 0 aromatic carbocycles. The summed E-state index contributed by atoms with van der Waals surface area (Å²) in [6.07, 6.45) is 12.1. The maximum atomic E-state index is 10.4. The van der Waals surface area contributed by atoms with Gasteiger partial charge in [-0.15, -0.1) is 0 Å². The van der Waals surface area contributed by atoms with Crippen molar-refractivity contribution in [2.45, 2.75) is 71.1 Å². The fourth-order valence-corrected chi connectivity index (χ4v) is 1.61. The highest BCUT2D eigenvalue weighted by Crippen LogP contribution is 2.10. The molecule has 0 rings (SSSR count). The molecule has 0 spiro atoms. The van der Waals surface area contributed by atoms with Crippen molar-refractivity contribution in [1.29, 1.82) is 0 Å². The smallest absolute Gasteiger partial charge is 0.402 e. The van der Waals surface area contributed by atoms with Gasteiger partial charge in [0, 0.05) is 6.42 Å². The molecule has 0 saturated carbocycles. The van der Waals surface area contributed by atoms with Crippen LogP contribution in [0.15, 0.2) is 0 Å². The number of carbonyl (C=O) groups excluding carboxylic acids is 1. The summed E-state index contributed by atoms with van der Waals surface area (Å²) in [5, 5.41) is 21.5. The standard InChI is InChI=1S/C12H25NO.BH3O3/c1-2-3-4-5-6-7-8-9-10-11-12(13)14;2-1(3)4/h2-11H2,1H3,(H2,13,14);2-4H. The monoisotopic (exact) mass is 261 g/mol. The van der Waals surface area contributed by atoms with Gasteiger partial charge >= 0.3 is 7.32 Å². The van der Waals surface area contributed by atoms with Crippen LogP contribution in [0.25, 0.3) is 0 Å². The third-order valence-electron chi connectivity index (χ3n) is 2.53. The second kappa shape index (κ2) is 16.4. The maximum absolute atomic E-state index is 10.4. The van der Waals surface area contributed by atoms with Crippen molar-refractivity contribution in [1.82, 2.24) is 0 Å². The van der Waals surface area contributed by atoms with E-state index in [-0.39, 0.29) is 5.91 Å². The number of hydrogen-bond acceptors (Lipinski definition) is 4. The third-order valence-corrected chi connectivity index (χ3v) is 2.53. The first kappa shape index (κ1) is 19.7. The predicted molar refractivity (Wildman–Crippen MR) is 73.4 cm³/mol. The molecule has 0 unspecified atom stereocenters. The van der Waals surface area contributed by atoms with Crippen LogP contribution in [-0.2, 0) is 4.79 Å². The number of primary amides is 1. The largest absolute Gasteiger partial charge is 0.631 e. The highest BCUT2D eigenvalue weighted by Gasteiger charge is 1.94. The molecular weight excluding hydrogens is 233 g/mol. The fraction of sp³-hybridized carbons (Fsp3) is 0.917. The molecular formula is C12H28BNO4. The quantitative estimate of drug-likeness (QED) is 0.352. The van der Waals surface area contributed by atoms with Gasteiger partial charge in [0.2, 0.25) is 5.91 Å². The van der Waals surface area contributed by atoms with Crippen molar-refractivity contribution in [3.8, 4) is 0 Å². The van der Waals surface area contributed by atoms with E-state index in [2.05, 4.69) is 6.92 Å². The number of carbonyl (C=O) groups is 1. The first-order valence-electron chi connectivity index (χ1n) is 6.83. The zero-order valence-corrected chi connectivity index (χ0v) is 11.5. The predicted octanol–water partition coefficient (Wildman–Crippen LogP) is 1.34. The van der Waals surface area contributed by atoms with Crippen LogP contribution in [0.2, 0.25) is 0 Å². The van der Waals surface area contributed by atoms with Gasteiger partial charge in [0.1, 0.15) is 0 Å². The van der Waals surface area contributed by atoms with E-state index in [1.165, 1.54) is 44.9 Å². The number of unbranched alkanes of at least 4 members (excludes halogenated alkanes) is 8. The minimum absolute atomic E-state index is 0.159. The van der Waals surface area contributed by atoms with E-state index in [1.807, 2.05) is 0 Å². The molecule has 0 bridgehead atoms. The van der Waals surface area contributed by atoms with Gasteiger partial charge in [-0.3, -0.25) is 4.79 Å². The lowest BCUT2D eigenvalue weighted by molar-refractivity contribution is -0.118. The second-order valence-electron chi connectivity index (χ2n) is 4.39. The number of amides is 1. The van der Waals surface area contributed by atoms with E-state index in [4.69, 9.17) is 20.8 Å². The van der Waals surface area contributed by atoms with Gasteiger partial charge < -0.3 is 20.8 Å². The van der Waals surface area contributed by atoms with Gasteiger partial charge in [-0.1, -0.05) is 58.3 Å². The molecule has 0 aliphatic rings. The third kappa shape index (κ3) is 29.5. The molecule has 5 N–H and O–H groups in total. The van der Waals surface area contributed by atoms with Crippen LogP contribution in [0.3, 0.4) is 0 Å². The van der Waals surface area contributed by atoms with Crippen LogP contribution in [0, 0.1) is 0 Å². The Morgan fingerprint density at radius 2 is 1.22 bits per heavy atom. The fourth-order valence-electron chi connectivity index (χ4n) is 1.61. The van der Waals surface area contributed by atoms with E-state index < -0.39 is 7.32 Å². The molecule has 18 heavy (non-hydrogen) atoms. The highest BCUT2D eigenvalue weighted by molar-refractivity contribution is 6.30. The molecule has 0 atom stereocenters. The van der Waals surface area contributed by atoms with Crippen LogP contribution in [0.5, 0.6) is 0 Å². The molecule has 0 saturated heterocycles. The molecule has 108 valence electrons. The zero-order chi connectivity index (χ0) is 14.2. The van der Waals surface area contributed by atoms with Gasteiger partial charge in [-0.05, 0) is 6.42 Å². The molecule has 0 aromatic heterocycles. The molecule has 1 amide bonds. The average Bonchev–Trinajstić information content (AvgIpc) is 2.26. The maximum Gasteiger partial charge on any atom is 0.631 e. The van der Waals surface area contributed by atoms with E-state index in [0.29, 0.717) is 6.42 Å². The topological polar surface area (TPSA) is 104 Å². The highest BCUT2D eigenvalue weighted by atomic mass is 16.5. The number of hydrogen-bond donors (Lipinski definition) is 4. The summed E-state index contributed by atoms with van der Waals surface area (Å²) in [5.74, 6) is -0.159. The van der Waals surface area contributed by atoms with Crippen molar-refractivity contribution in [3.05, 3.63) is 0 Å². The Kier molecular flexibility index (Phi) is 18.0. The molecule has 0 fully saturated rings. The molecule has 6 heteroatoms. The van der Waals surface area contributed by atoms with Crippen molar-refractivity contribution in [2.75, 3.05) is 0 Å². The minimum Gasteiger partial charge on any atom is -0.402 e. The lowest BCUT2D eigenvalue weighted by Crippen LogP contribution is -2.09. The minimum atomic E-state index is -2.17. The summed E-state index contributed by atoms with van der Waals surface area (Å²) in [7, 11) is -2.17. The van der Waals surface area contributed by atoms with E-state index in [1.54, 1.807) is 0 Å². The van der Waals surface area contributed by atoms with Crippen LogP contribution < -0.4 is 5.73 Å². The van der Waals surface area contributed by atoms with Crippen LogP contribution in [0.1, 0.15) is 71.1 Å². The Morgan fingerprint density at radius 1 is 0.889 bits per heavy atom. The normalized spacial score (nSPS) is 9.56. The molecule has 0 aliphatic heterocycles. The van der Waals surface area contributed by atoms with Gasteiger partial charge in [-0.2, -0.15) is 0 Å². The Balaban J connectivity index is 0. The summed E-state index contributed by atoms with van der Waals surface area (Å²) in [4.78, 5) is 10.4. The molecule has 0 aromatic rings. The average molecular weight is 261 g/mol. The van der Waals surface area contributed by atoms with Gasteiger partial charge in [0.15, 0.2) is 0 Å². The molecule has 5 nitrogen and oxygen atoms in total. The van der Waals surface area contributed by atoms with E-state index >= 15 is 0 Å². The van der Waals surface area contributed by atoms with Crippen molar-refractivity contribution < 1.29 is 19.9 Å². The molecule has 0 heterocycles. The molecule has 0 aliphatic carbocycles. The van der Waals surface area contributed by atoms with E-state index in [0.717, 1.165) is 12.8 Å². The molecule has 0 radical (unpaired) electrons. The van der Waals surface area contributed by atoms with Gasteiger partial charge in [0.25, 0.3) is 0 Å². The Labute approximate surface area is 111 Å². The van der Waals surface area contributed by atoms with Crippen molar-refractivity contribution >= 4 is 13.2 Å². The van der Waals surface area contributed by atoms with Crippen LogP contribution >= 0.6 is 0 Å². The van der Waals surface area contributed by atoms with Crippen molar-refractivity contribution in [2.24, 2.45) is 5.73 Å².